The van der Waals surface area contributed by atoms with Crippen molar-refractivity contribution in [2.24, 2.45) is 0 Å². The highest BCUT2D eigenvalue weighted by atomic mass is 16.3. The summed E-state index contributed by atoms with van der Waals surface area (Å²) in [7, 11) is 0. The van der Waals surface area contributed by atoms with E-state index in [2.05, 4.69) is 29.2 Å². The molecule has 2 heterocycles. The number of Topliss-reactive ketones (excluding diaryl/α,β-unsaturated/α-hetero) is 1. The van der Waals surface area contributed by atoms with Crippen molar-refractivity contribution < 1.29 is 14.7 Å². The number of aromatic nitrogens is 1. The molecule has 0 saturated carbocycles. The number of hydrogen-bond donors (Lipinski definition) is 1. The molecule has 3 aromatic carbocycles. The van der Waals surface area contributed by atoms with Gasteiger partial charge >= 0.3 is 0 Å². The molecule has 0 aliphatic carbocycles. The van der Waals surface area contributed by atoms with Crippen LogP contribution in [0.1, 0.15) is 28.3 Å². The van der Waals surface area contributed by atoms with Gasteiger partial charge in [0.1, 0.15) is 5.76 Å². The Morgan fingerprint density at radius 2 is 1.62 bits per heavy atom. The fourth-order valence-electron chi connectivity index (χ4n) is 4.62. The molecule has 1 amide bonds. The molecule has 0 bridgehead atoms. The first-order chi connectivity index (χ1) is 16.5. The maximum atomic E-state index is 13.2. The van der Waals surface area contributed by atoms with E-state index in [-0.39, 0.29) is 11.3 Å². The van der Waals surface area contributed by atoms with Crippen LogP contribution in [0.2, 0.25) is 0 Å². The maximum absolute atomic E-state index is 13.2. The molecule has 1 aromatic heterocycles. The van der Waals surface area contributed by atoms with Crippen LogP contribution in [-0.4, -0.2) is 33.2 Å². The first-order valence-corrected chi connectivity index (χ1v) is 11.3. The van der Waals surface area contributed by atoms with Crippen LogP contribution in [0.15, 0.2) is 96.8 Å². The van der Waals surface area contributed by atoms with Crippen LogP contribution in [0.25, 0.3) is 16.5 Å². The van der Waals surface area contributed by atoms with Gasteiger partial charge in [-0.25, -0.2) is 0 Å². The summed E-state index contributed by atoms with van der Waals surface area (Å²) >= 11 is 0. The summed E-state index contributed by atoms with van der Waals surface area (Å²) in [5, 5.41) is 13.4. The van der Waals surface area contributed by atoms with Gasteiger partial charge in [-0.3, -0.25) is 14.6 Å². The zero-order chi connectivity index (χ0) is 23.7. The SMILES string of the molecule is Cc1ccc(C2/C(=C(\O)c3ccncc3)C(=O)C(=O)N2CCc2cccc3ccccc23)cc1. The molecule has 5 rings (SSSR count). The van der Waals surface area contributed by atoms with E-state index in [0.717, 1.165) is 27.5 Å². The number of fused-ring (bicyclic) bond motifs is 1. The van der Waals surface area contributed by atoms with Crippen molar-refractivity contribution in [2.45, 2.75) is 19.4 Å². The smallest absolute Gasteiger partial charge is 0.295 e. The monoisotopic (exact) mass is 448 g/mol. The zero-order valence-electron chi connectivity index (χ0n) is 18.8. The Balaban J connectivity index is 1.57. The van der Waals surface area contributed by atoms with E-state index in [9.17, 15) is 14.7 Å². The molecule has 168 valence electrons. The van der Waals surface area contributed by atoms with E-state index in [0.29, 0.717) is 18.5 Å². The second-order valence-electron chi connectivity index (χ2n) is 8.53. The van der Waals surface area contributed by atoms with E-state index in [4.69, 9.17) is 0 Å². The number of ketones is 1. The second-order valence-corrected chi connectivity index (χ2v) is 8.53. The van der Waals surface area contributed by atoms with Crippen molar-refractivity contribution in [3.05, 3.63) is 119 Å². The first kappa shape index (κ1) is 21.6. The minimum atomic E-state index is -0.669. The molecule has 0 radical (unpaired) electrons. The third-order valence-corrected chi connectivity index (χ3v) is 6.39. The van der Waals surface area contributed by atoms with Crippen molar-refractivity contribution in [1.82, 2.24) is 9.88 Å². The van der Waals surface area contributed by atoms with Gasteiger partial charge in [0.2, 0.25) is 0 Å². The lowest BCUT2D eigenvalue weighted by Gasteiger charge is -2.25. The second kappa shape index (κ2) is 8.94. The number of aryl methyl sites for hydroxylation is 1. The van der Waals surface area contributed by atoms with Gasteiger partial charge < -0.3 is 10.0 Å². The maximum Gasteiger partial charge on any atom is 0.295 e. The predicted molar refractivity (Wildman–Crippen MR) is 132 cm³/mol. The predicted octanol–water partition coefficient (Wildman–Crippen LogP) is 5.21. The van der Waals surface area contributed by atoms with Crippen molar-refractivity contribution in [3.8, 4) is 0 Å². The number of rotatable bonds is 5. The highest BCUT2D eigenvalue weighted by molar-refractivity contribution is 6.46. The van der Waals surface area contributed by atoms with Crippen LogP contribution in [-0.2, 0) is 16.0 Å². The summed E-state index contributed by atoms with van der Waals surface area (Å²) < 4.78 is 0. The number of carbonyl (C=O) groups excluding carboxylic acids is 2. The number of pyridine rings is 1. The molecule has 0 spiro atoms. The Labute approximate surface area is 198 Å². The highest BCUT2D eigenvalue weighted by Gasteiger charge is 2.45. The van der Waals surface area contributed by atoms with Crippen LogP contribution in [0.5, 0.6) is 0 Å². The van der Waals surface area contributed by atoms with Gasteiger partial charge in [-0.15, -0.1) is 0 Å². The van der Waals surface area contributed by atoms with E-state index < -0.39 is 17.7 Å². The molecule has 5 nitrogen and oxygen atoms in total. The minimum absolute atomic E-state index is 0.109. The Hall–Kier alpha value is -4.25. The van der Waals surface area contributed by atoms with Crippen molar-refractivity contribution in [2.75, 3.05) is 6.54 Å². The standard InChI is InChI=1S/C29H24N2O3/c1-19-9-11-22(12-10-19)26-25(27(32)23-13-16-30-17-14-23)28(33)29(34)31(26)18-15-21-7-4-6-20-5-2-3-8-24(20)21/h2-14,16-17,26,32H,15,18H2,1H3/b27-25+. The van der Waals surface area contributed by atoms with Crippen molar-refractivity contribution >= 4 is 28.2 Å². The van der Waals surface area contributed by atoms with Crippen molar-refractivity contribution in [1.29, 1.82) is 0 Å². The Morgan fingerprint density at radius 3 is 2.38 bits per heavy atom. The molecule has 1 N–H and O–H groups in total. The number of hydrogen-bond acceptors (Lipinski definition) is 4. The summed E-state index contributed by atoms with van der Waals surface area (Å²) in [6.07, 6.45) is 3.69. The third kappa shape index (κ3) is 3.86. The van der Waals surface area contributed by atoms with Crippen LogP contribution >= 0.6 is 0 Å². The summed E-state index contributed by atoms with van der Waals surface area (Å²) in [6.45, 7) is 2.34. The number of nitrogens with zero attached hydrogens (tertiary/aromatic N) is 2. The molecule has 1 aliphatic heterocycles. The largest absolute Gasteiger partial charge is 0.507 e. The molecule has 1 atom stereocenters. The number of benzene rings is 3. The highest BCUT2D eigenvalue weighted by Crippen LogP contribution is 2.39. The quantitative estimate of drug-likeness (QED) is 0.259. The van der Waals surface area contributed by atoms with Gasteiger partial charge in [0.25, 0.3) is 11.7 Å². The van der Waals surface area contributed by atoms with Gasteiger partial charge in [-0.2, -0.15) is 0 Å². The molecular weight excluding hydrogens is 424 g/mol. The Kier molecular flexibility index (Phi) is 5.68. The van der Waals surface area contributed by atoms with Crippen LogP contribution < -0.4 is 0 Å². The van der Waals surface area contributed by atoms with Crippen LogP contribution in [0, 0.1) is 6.92 Å². The minimum Gasteiger partial charge on any atom is -0.507 e. The molecule has 4 aromatic rings. The lowest BCUT2D eigenvalue weighted by molar-refractivity contribution is -0.139. The van der Waals surface area contributed by atoms with Crippen LogP contribution in [0.3, 0.4) is 0 Å². The lowest BCUT2D eigenvalue weighted by Crippen LogP contribution is -2.31. The summed E-state index contributed by atoms with van der Waals surface area (Å²) in [5.41, 5.74) is 3.54. The first-order valence-electron chi connectivity index (χ1n) is 11.3. The number of carbonyl (C=O) groups is 2. The van der Waals surface area contributed by atoms with E-state index in [1.54, 1.807) is 29.4 Å². The van der Waals surface area contributed by atoms with Gasteiger partial charge in [0.05, 0.1) is 11.6 Å². The molecule has 1 fully saturated rings. The number of amides is 1. The van der Waals surface area contributed by atoms with Gasteiger partial charge in [-0.1, -0.05) is 72.3 Å². The number of likely N-dealkylation sites (tertiary alicyclic amines) is 1. The van der Waals surface area contributed by atoms with Crippen molar-refractivity contribution in [3.63, 3.8) is 0 Å². The number of aliphatic hydroxyl groups is 1. The van der Waals surface area contributed by atoms with Gasteiger partial charge in [-0.05, 0) is 47.4 Å². The Bertz CT molecular complexity index is 1400. The fraction of sp³-hybridized carbons (Fsp3) is 0.138. The molecular formula is C29H24N2O3. The average molecular weight is 449 g/mol. The molecule has 5 heteroatoms. The topological polar surface area (TPSA) is 70.5 Å². The molecule has 34 heavy (non-hydrogen) atoms. The summed E-state index contributed by atoms with van der Waals surface area (Å²) in [5.74, 6) is -1.45. The number of aliphatic hydroxyl groups excluding tert-OH is 1. The van der Waals surface area contributed by atoms with E-state index in [1.165, 1.54) is 0 Å². The van der Waals surface area contributed by atoms with E-state index >= 15 is 0 Å². The molecule has 1 unspecified atom stereocenters. The fourth-order valence-corrected chi connectivity index (χ4v) is 4.62. The molecule has 1 saturated heterocycles. The van der Waals surface area contributed by atoms with Gasteiger partial charge in [0.15, 0.2) is 0 Å². The summed E-state index contributed by atoms with van der Waals surface area (Å²) in [4.78, 5) is 32.0. The van der Waals surface area contributed by atoms with E-state index in [1.807, 2.05) is 49.4 Å². The zero-order valence-corrected chi connectivity index (χ0v) is 18.8. The Morgan fingerprint density at radius 1 is 0.912 bits per heavy atom. The lowest BCUT2D eigenvalue weighted by atomic mass is 9.94. The third-order valence-electron chi connectivity index (χ3n) is 6.39. The average Bonchev–Trinajstić information content (AvgIpc) is 3.13. The normalized spacial score (nSPS) is 17.4. The summed E-state index contributed by atoms with van der Waals surface area (Å²) in [6, 6.07) is 24.6. The van der Waals surface area contributed by atoms with Gasteiger partial charge in [0, 0.05) is 24.5 Å². The molecule has 1 aliphatic rings. The van der Waals surface area contributed by atoms with Crippen LogP contribution in [0.4, 0.5) is 0 Å².